The van der Waals surface area contributed by atoms with Crippen LogP contribution in [0.25, 0.3) is 0 Å². The van der Waals surface area contributed by atoms with Crippen LogP contribution in [0.2, 0.25) is 0 Å². The van der Waals surface area contributed by atoms with Crippen LogP contribution in [0, 0.1) is 0 Å². The first-order valence-corrected chi connectivity index (χ1v) is 9.65. The summed E-state index contributed by atoms with van der Waals surface area (Å²) in [4.78, 5) is 16.7. The molecule has 0 aromatic heterocycles. The number of amides is 2. The largest absolute Gasteiger partial charge is 0.471 e. The Bertz CT molecular complexity index is 723. The first-order valence-electron chi connectivity index (χ1n) is 9.65. The van der Waals surface area contributed by atoms with Crippen LogP contribution in [0.5, 0.6) is 5.75 Å². The molecule has 5 heteroatoms. The number of para-hydroxylation sites is 1. The van der Waals surface area contributed by atoms with Gasteiger partial charge in [0.2, 0.25) is 0 Å². The summed E-state index contributed by atoms with van der Waals surface area (Å²) >= 11 is 0. The van der Waals surface area contributed by atoms with Gasteiger partial charge in [-0.15, -0.1) is 0 Å². The quantitative estimate of drug-likeness (QED) is 0.811. The predicted molar refractivity (Wildman–Crippen MR) is 109 cm³/mol. The van der Waals surface area contributed by atoms with E-state index in [-0.39, 0.29) is 12.3 Å². The molecule has 1 fully saturated rings. The number of benzene rings is 2. The number of anilines is 1. The predicted octanol–water partition coefficient (Wildman–Crippen LogP) is 4.07. The molecule has 144 valence electrons. The lowest BCUT2D eigenvalue weighted by molar-refractivity contribution is 0.151. The number of carbonyl (C=O) groups excluding carboxylic acids is 1. The number of urea groups is 1. The summed E-state index contributed by atoms with van der Waals surface area (Å²) in [5.41, 5.74) is 2.48. The minimum absolute atomic E-state index is 0.0750. The average Bonchev–Trinajstić information content (AvgIpc) is 2.69. The Balaban J connectivity index is 1.46. The Morgan fingerprint density at radius 2 is 1.56 bits per heavy atom. The second kappa shape index (κ2) is 8.80. The number of ether oxygens (including phenoxy) is 1. The molecule has 1 saturated heterocycles. The number of hydrogen-bond acceptors (Lipinski definition) is 3. The first kappa shape index (κ1) is 19.1. The van der Waals surface area contributed by atoms with Crippen LogP contribution in [0.4, 0.5) is 10.5 Å². The molecule has 0 radical (unpaired) electrons. The normalized spacial score (nSPS) is 15.6. The Morgan fingerprint density at radius 1 is 0.926 bits per heavy atom. The molecule has 1 atom stereocenters. The molecule has 1 N–H and O–H groups in total. The molecule has 5 nitrogen and oxygen atoms in total. The summed E-state index contributed by atoms with van der Waals surface area (Å²) in [5.74, 6) is 1.26. The van der Waals surface area contributed by atoms with E-state index < -0.39 is 0 Å². The average molecular weight is 367 g/mol. The number of hydrogen-bond donors (Lipinski definition) is 1. The number of piperazine rings is 1. The van der Waals surface area contributed by atoms with E-state index in [9.17, 15) is 4.79 Å². The molecule has 1 unspecified atom stereocenters. The smallest absolute Gasteiger partial charge is 0.320 e. The Labute approximate surface area is 161 Å². The topological polar surface area (TPSA) is 44.8 Å². The lowest BCUT2D eigenvalue weighted by atomic mass is 10.0. The molecule has 2 aromatic rings. The summed E-state index contributed by atoms with van der Waals surface area (Å²) in [5, 5.41) is 2.94. The zero-order valence-electron chi connectivity index (χ0n) is 16.4. The van der Waals surface area contributed by atoms with Crippen molar-refractivity contribution in [2.75, 3.05) is 31.1 Å². The number of carbonyl (C=O) groups is 1. The van der Waals surface area contributed by atoms with E-state index >= 15 is 0 Å². The minimum Gasteiger partial charge on any atom is -0.471 e. The fraction of sp³-hybridized carbons (Fsp3) is 0.409. The molecule has 1 aliphatic heterocycles. The molecule has 3 rings (SSSR count). The highest BCUT2D eigenvalue weighted by molar-refractivity contribution is 5.74. The fourth-order valence-electron chi connectivity index (χ4n) is 3.24. The lowest BCUT2D eigenvalue weighted by Crippen LogP contribution is -2.53. The van der Waals surface area contributed by atoms with Gasteiger partial charge < -0.3 is 19.9 Å². The van der Waals surface area contributed by atoms with Gasteiger partial charge in [-0.05, 0) is 42.7 Å². The van der Waals surface area contributed by atoms with E-state index in [0.717, 1.165) is 18.8 Å². The van der Waals surface area contributed by atoms with Gasteiger partial charge in [-0.3, -0.25) is 0 Å². The lowest BCUT2D eigenvalue weighted by Gasteiger charge is -2.36. The Morgan fingerprint density at radius 3 is 2.15 bits per heavy atom. The molecule has 0 aliphatic carbocycles. The third-order valence-corrected chi connectivity index (χ3v) is 4.87. The van der Waals surface area contributed by atoms with Crippen molar-refractivity contribution in [2.24, 2.45) is 0 Å². The maximum Gasteiger partial charge on any atom is 0.320 e. The van der Waals surface area contributed by atoms with Crippen LogP contribution in [0.1, 0.15) is 32.3 Å². The summed E-state index contributed by atoms with van der Waals surface area (Å²) in [7, 11) is 0. The fourth-order valence-corrected chi connectivity index (χ4v) is 3.24. The van der Waals surface area contributed by atoms with E-state index in [1.165, 1.54) is 11.3 Å². The highest BCUT2D eigenvalue weighted by atomic mass is 16.5. The van der Waals surface area contributed by atoms with Gasteiger partial charge >= 0.3 is 6.03 Å². The highest BCUT2D eigenvalue weighted by Gasteiger charge is 2.22. The molecule has 27 heavy (non-hydrogen) atoms. The maximum absolute atomic E-state index is 12.5. The van der Waals surface area contributed by atoms with E-state index in [4.69, 9.17) is 4.74 Å². The van der Waals surface area contributed by atoms with Gasteiger partial charge in [-0.25, -0.2) is 4.79 Å². The zero-order chi connectivity index (χ0) is 19.2. The van der Waals surface area contributed by atoms with Gasteiger partial charge in [-0.1, -0.05) is 44.2 Å². The number of rotatable bonds is 5. The third-order valence-electron chi connectivity index (χ3n) is 4.87. The van der Waals surface area contributed by atoms with E-state index in [1.54, 1.807) is 0 Å². The zero-order valence-corrected chi connectivity index (χ0v) is 16.4. The van der Waals surface area contributed by atoms with Gasteiger partial charge in [0.15, 0.2) is 6.23 Å². The molecule has 0 saturated carbocycles. The van der Waals surface area contributed by atoms with Crippen molar-refractivity contribution < 1.29 is 9.53 Å². The monoisotopic (exact) mass is 367 g/mol. The molecular weight excluding hydrogens is 338 g/mol. The molecule has 0 bridgehead atoms. The molecular formula is C22H29N3O2. The first-order chi connectivity index (χ1) is 13.0. The summed E-state index contributed by atoms with van der Waals surface area (Å²) < 4.78 is 5.83. The molecule has 2 amide bonds. The third kappa shape index (κ3) is 5.16. The van der Waals surface area contributed by atoms with Crippen molar-refractivity contribution in [1.82, 2.24) is 10.2 Å². The standard InChI is InChI=1S/C22H29N3O2/c1-17(2)19-9-11-21(12-10-19)27-18(3)23-22(26)25-15-13-24(14-16-25)20-7-5-4-6-8-20/h4-12,17-18H,13-16H2,1-3H3,(H,23,26). The number of nitrogens with one attached hydrogen (secondary N) is 1. The summed E-state index contributed by atoms with van der Waals surface area (Å²) in [6, 6.07) is 18.3. The van der Waals surface area contributed by atoms with Gasteiger partial charge in [0.1, 0.15) is 5.75 Å². The van der Waals surface area contributed by atoms with Crippen LogP contribution < -0.4 is 15.0 Å². The van der Waals surface area contributed by atoms with Crippen LogP contribution in [-0.4, -0.2) is 43.3 Å². The molecule has 1 aliphatic rings. The van der Waals surface area contributed by atoms with E-state index in [2.05, 4.69) is 48.3 Å². The second-order valence-corrected chi connectivity index (χ2v) is 7.24. The van der Waals surface area contributed by atoms with Crippen LogP contribution in [0.15, 0.2) is 54.6 Å². The van der Waals surface area contributed by atoms with Crippen LogP contribution in [0.3, 0.4) is 0 Å². The highest BCUT2D eigenvalue weighted by Crippen LogP contribution is 2.19. The maximum atomic E-state index is 12.5. The van der Waals surface area contributed by atoms with E-state index in [1.807, 2.05) is 42.2 Å². The molecule has 2 aromatic carbocycles. The second-order valence-electron chi connectivity index (χ2n) is 7.24. The van der Waals surface area contributed by atoms with Crippen LogP contribution in [-0.2, 0) is 0 Å². The van der Waals surface area contributed by atoms with Crippen molar-refractivity contribution in [2.45, 2.75) is 32.9 Å². The SMILES string of the molecule is CC(NC(=O)N1CCN(c2ccccc2)CC1)Oc1ccc(C(C)C)cc1. The van der Waals surface area contributed by atoms with Crippen molar-refractivity contribution in [3.8, 4) is 5.75 Å². The molecule has 1 heterocycles. The summed E-state index contributed by atoms with van der Waals surface area (Å²) in [6.45, 7) is 9.26. The van der Waals surface area contributed by atoms with Crippen LogP contribution >= 0.6 is 0 Å². The van der Waals surface area contributed by atoms with E-state index in [0.29, 0.717) is 19.0 Å². The number of nitrogens with zero attached hydrogens (tertiary/aromatic N) is 2. The minimum atomic E-state index is -0.380. The Kier molecular flexibility index (Phi) is 6.22. The van der Waals surface area contributed by atoms with Crippen molar-refractivity contribution in [1.29, 1.82) is 0 Å². The van der Waals surface area contributed by atoms with Gasteiger partial charge in [-0.2, -0.15) is 0 Å². The van der Waals surface area contributed by atoms with Crippen molar-refractivity contribution >= 4 is 11.7 Å². The van der Waals surface area contributed by atoms with Gasteiger partial charge in [0, 0.05) is 31.9 Å². The van der Waals surface area contributed by atoms with Crippen molar-refractivity contribution in [3.63, 3.8) is 0 Å². The van der Waals surface area contributed by atoms with Gasteiger partial charge in [0.25, 0.3) is 0 Å². The van der Waals surface area contributed by atoms with Gasteiger partial charge in [0.05, 0.1) is 0 Å². The molecule has 0 spiro atoms. The van der Waals surface area contributed by atoms with Crippen molar-refractivity contribution in [3.05, 3.63) is 60.2 Å². The summed E-state index contributed by atoms with van der Waals surface area (Å²) in [6.07, 6.45) is -0.380. The Hall–Kier alpha value is -2.69.